The Labute approximate surface area is 169 Å². The normalized spacial score (nSPS) is 15.5. The Balaban J connectivity index is 0.00000264. The molecule has 126 valence electrons. The van der Waals surface area contributed by atoms with Gasteiger partial charge in [0.05, 0.1) is 3.57 Å². The molecule has 0 atom stereocenters. The number of terminal acetylenes is 1. The Kier molecular flexibility index (Phi) is 9.71. The van der Waals surface area contributed by atoms with Crippen LogP contribution >= 0.6 is 46.6 Å². The van der Waals surface area contributed by atoms with Gasteiger partial charge >= 0.3 is 0 Å². The Morgan fingerprint density at radius 3 is 2.74 bits per heavy atom. The highest BCUT2D eigenvalue weighted by atomic mass is 127. The summed E-state index contributed by atoms with van der Waals surface area (Å²) in [5.41, 5.74) is 0. The first kappa shape index (κ1) is 20.4. The number of piperidine rings is 1. The summed E-state index contributed by atoms with van der Waals surface area (Å²) in [6.45, 7) is 5.20. The number of benzene rings is 1. The molecule has 1 heterocycles. The third-order valence-corrected chi connectivity index (χ3v) is 4.42. The fourth-order valence-electron chi connectivity index (χ4n) is 2.45. The molecule has 4 nitrogen and oxygen atoms in total. The molecule has 0 unspecified atom stereocenters. The summed E-state index contributed by atoms with van der Waals surface area (Å²) in [7, 11) is 0. The SMILES string of the molecule is C#CCN=C(NCC)N1CCC(Oc2ccccc2I)CC1.I. The molecule has 0 aliphatic carbocycles. The maximum atomic E-state index is 6.13. The van der Waals surface area contributed by atoms with Crippen LogP contribution in [0.4, 0.5) is 0 Å². The second-order valence-electron chi connectivity index (χ2n) is 5.11. The smallest absolute Gasteiger partial charge is 0.194 e. The van der Waals surface area contributed by atoms with E-state index in [1.165, 1.54) is 0 Å². The lowest BCUT2D eigenvalue weighted by Gasteiger charge is -2.34. The van der Waals surface area contributed by atoms with Crippen molar-refractivity contribution >= 4 is 52.5 Å². The van der Waals surface area contributed by atoms with E-state index in [0.717, 1.165) is 47.8 Å². The first-order valence-electron chi connectivity index (χ1n) is 7.62. The molecular formula is C17H23I2N3O. The van der Waals surface area contributed by atoms with Crippen LogP contribution in [0.2, 0.25) is 0 Å². The zero-order valence-electron chi connectivity index (χ0n) is 13.3. The van der Waals surface area contributed by atoms with Gasteiger partial charge in [-0.3, -0.25) is 0 Å². The van der Waals surface area contributed by atoms with E-state index in [2.05, 4.69) is 56.7 Å². The van der Waals surface area contributed by atoms with Gasteiger partial charge in [0.15, 0.2) is 5.96 Å². The number of hydrogen-bond acceptors (Lipinski definition) is 2. The first-order chi connectivity index (χ1) is 10.7. The Bertz CT molecular complexity index is 549. The second kappa shape index (κ2) is 11.0. The molecule has 0 bridgehead atoms. The van der Waals surface area contributed by atoms with E-state index < -0.39 is 0 Å². The van der Waals surface area contributed by atoms with E-state index in [-0.39, 0.29) is 30.1 Å². The third kappa shape index (κ3) is 6.37. The Morgan fingerprint density at radius 1 is 1.43 bits per heavy atom. The summed E-state index contributed by atoms with van der Waals surface area (Å²) in [6, 6.07) is 8.15. The van der Waals surface area contributed by atoms with Gasteiger partial charge in [-0.05, 0) is 41.6 Å². The fourth-order valence-corrected chi connectivity index (χ4v) is 2.97. The van der Waals surface area contributed by atoms with Crippen molar-refractivity contribution in [1.29, 1.82) is 0 Å². The van der Waals surface area contributed by atoms with Crippen LogP contribution in [0.3, 0.4) is 0 Å². The second-order valence-corrected chi connectivity index (χ2v) is 6.27. The molecule has 23 heavy (non-hydrogen) atoms. The van der Waals surface area contributed by atoms with E-state index in [1.54, 1.807) is 0 Å². The van der Waals surface area contributed by atoms with Crippen LogP contribution < -0.4 is 10.1 Å². The van der Waals surface area contributed by atoms with Gasteiger partial charge in [-0.2, -0.15) is 0 Å². The number of nitrogens with zero attached hydrogens (tertiary/aromatic N) is 2. The molecule has 1 saturated heterocycles. The number of likely N-dealkylation sites (tertiary alicyclic amines) is 1. The van der Waals surface area contributed by atoms with Gasteiger partial charge in [0.1, 0.15) is 18.4 Å². The quantitative estimate of drug-likeness (QED) is 0.276. The van der Waals surface area contributed by atoms with Gasteiger partial charge in [0, 0.05) is 32.5 Å². The fraction of sp³-hybridized carbons (Fsp3) is 0.471. The molecule has 1 aliphatic rings. The summed E-state index contributed by atoms with van der Waals surface area (Å²) in [5.74, 6) is 4.45. The number of aliphatic imine (C=N–C) groups is 1. The molecular weight excluding hydrogens is 516 g/mol. The van der Waals surface area contributed by atoms with Gasteiger partial charge in [-0.15, -0.1) is 30.4 Å². The van der Waals surface area contributed by atoms with Crippen molar-refractivity contribution in [3.05, 3.63) is 27.8 Å². The summed E-state index contributed by atoms with van der Waals surface area (Å²) in [5, 5.41) is 3.30. The first-order valence-corrected chi connectivity index (χ1v) is 8.70. The average Bonchev–Trinajstić information content (AvgIpc) is 2.54. The lowest BCUT2D eigenvalue weighted by molar-refractivity contribution is 0.128. The van der Waals surface area contributed by atoms with Gasteiger partial charge in [0.2, 0.25) is 0 Å². The molecule has 2 rings (SSSR count). The molecule has 0 aromatic heterocycles. The molecule has 0 radical (unpaired) electrons. The lowest BCUT2D eigenvalue weighted by Crippen LogP contribution is -2.47. The monoisotopic (exact) mass is 539 g/mol. The molecule has 0 spiro atoms. The summed E-state index contributed by atoms with van der Waals surface area (Å²) >= 11 is 2.31. The largest absolute Gasteiger partial charge is 0.489 e. The van der Waals surface area contributed by atoms with Crippen LogP contribution in [0, 0.1) is 15.9 Å². The third-order valence-electron chi connectivity index (χ3n) is 3.53. The highest BCUT2D eigenvalue weighted by Gasteiger charge is 2.23. The number of nitrogens with one attached hydrogen (secondary N) is 1. The van der Waals surface area contributed by atoms with Crippen LogP contribution in [-0.2, 0) is 0 Å². The minimum atomic E-state index is 0. The summed E-state index contributed by atoms with van der Waals surface area (Å²) in [4.78, 5) is 6.69. The molecule has 1 fully saturated rings. The Morgan fingerprint density at radius 2 is 2.13 bits per heavy atom. The molecule has 1 aromatic carbocycles. The van der Waals surface area contributed by atoms with E-state index in [4.69, 9.17) is 11.2 Å². The zero-order valence-corrected chi connectivity index (χ0v) is 17.8. The van der Waals surface area contributed by atoms with Crippen molar-refractivity contribution in [2.24, 2.45) is 4.99 Å². The Hall–Kier alpha value is -0.690. The van der Waals surface area contributed by atoms with Crippen molar-refractivity contribution < 1.29 is 4.74 Å². The van der Waals surface area contributed by atoms with Crippen molar-refractivity contribution in [1.82, 2.24) is 10.2 Å². The number of rotatable bonds is 4. The predicted molar refractivity (Wildman–Crippen MR) is 115 cm³/mol. The summed E-state index contributed by atoms with van der Waals surface area (Å²) < 4.78 is 7.29. The van der Waals surface area contributed by atoms with Crippen LogP contribution in [0.15, 0.2) is 29.3 Å². The van der Waals surface area contributed by atoms with E-state index >= 15 is 0 Å². The predicted octanol–water partition coefficient (Wildman–Crippen LogP) is 3.35. The van der Waals surface area contributed by atoms with Crippen molar-refractivity contribution in [2.75, 3.05) is 26.2 Å². The van der Waals surface area contributed by atoms with Gasteiger partial charge in [-0.1, -0.05) is 18.1 Å². The molecule has 0 amide bonds. The van der Waals surface area contributed by atoms with Gasteiger partial charge in [-0.25, -0.2) is 4.99 Å². The standard InChI is InChI=1S/C17H22IN3O.HI/c1-3-11-20-17(19-4-2)21-12-9-14(10-13-21)22-16-8-6-5-7-15(16)18;/h1,5-8,14H,4,9-13H2,2H3,(H,19,20);1H. The van der Waals surface area contributed by atoms with Crippen LogP contribution in [0.5, 0.6) is 5.75 Å². The molecule has 1 aliphatic heterocycles. The number of hydrogen-bond donors (Lipinski definition) is 1. The minimum absolute atomic E-state index is 0. The maximum absolute atomic E-state index is 6.13. The van der Waals surface area contributed by atoms with E-state index in [1.807, 2.05) is 18.2 Å². The van der Waals surface area contributed by atoms with Crippen LogP contribution in [0.1, 0.15) is 19.8 Å². The molecule has 0 saturated carbocycles. The highest BCUT2D eigenvalue weighted by molar-refractivity contribution is 14.1. The molecule has 6 heteroatoms. The van der Waals surface area contributed by atoms with E-state index in [0.29, 0.717) is 6.54 Å². The number of ether oxygens (including phenoxy) is 1. The summed E-state index contributed by atoms with van der Waals surface area (Å²) in [6.07, 6.45) is 7.55. The van der Waals surface area contributed by atoms with Crippen LogP contribution in [-0.4, -0.2) is 43.1 Å². The van der Waals surface area contributed by atoms with Gasteiger partial charge in [0.25, 0.3) is 0 Å². The number of para-hydroxylation sites is 1. The number of guanidine groups is 1. The lowest BCUT2D eigenvalue weighted by atomic mass is 10.1. The van der Waals surface area contributed by atoms with Crippen molar-refractivity contribution in [3.8, 4) is 18.1 Å². The zero-order chi connectivity index (χ0) is 15.8. The highest BCUT2D eigenvalue weighted by Crippen LogP contribution is 2.24. The van der Waals surface area contributed by atoms with Crippen molar-refractivity contribution in [3.63, 3.8) is 0 Å². The minimum Gasteiger partial charge on any atom is -0.489 e. The van der Waals surface area contributed by atoms with E-state index in [9.17, 15) is 0 Å². The van der Waals surface area contributed by atoms with Crippen LogP contribution in [0.25, 0.3) is 0 Å². The average molecular weight is 539 g/mol. The molecule has 1 aromatic rings. The van der Waals surface area contributed by atoms with Crippen molar-refractivity contribution in [2.45, 2.75) is 25.9 Å². The number of halogens is 2. The molecule has 1 N–H and O–H groups in total. The maximum Gasteiger partial charge on any atom is 0.194 e. The topological polar surface area (TPSA) is 36.9 Å². The van der Waals surface area contributed by atoms with Gasteiger partial charge < -0.3 is 15.0 Å².